The lowest BCUT2D eigenvalue weighted by molar-refractivity contribution is 1.27. The molecule has 0 fully saturated rings. The van der Waals surface area contributed by atoms with Crippen molar-refractivity contribution in [2.75, 3.05) is 12.5 Å². The average molecular weight is 530 g/mol. The average Bonchev–Trinajstić information content (AvgIpc) is 2.42. The van der Waals surface area contributed by atoms with Crippen molar-refractivity contribution >= 4 is 80.5 Å². The van der Waals surface area contributed by atoms with E-state index < -0.39 is 0 Å². The van der Waals surface area contributed by atoms with Crippen molar-refractivity contribution in [1.29, 1.82) is 0 Å². The highest BCUT2D eigenvalue weighted by atomic mass is 127. The molecule has 0 N–H and O–H groups in total. The van der Waals surface area contributed by atoms with Gasteiger partial charge in [-0.1, -0.05) is 11.8 Å². The van der Waals surface area contributed by atoms with Gasteiger partial charge in [0.05, 0.1) is 0 Å². The van der Waals surface area contributed by atoms with E-state index in [1.165, 1.54) is 26.7 Å². The molecular formula is C14H12I2S3. The third-order valence-corrected chi connectivity index (χ3v) is 7.62. The van der Waals surface area contributed by atoms with Gasteiger partial charge in [-0.25, -0.2) is 0 Å². The number of hydrogen-bond donors (Lipinski definition) is 0. The van der Waals surface area contributed by atoms with Gasteiger partial charge in [-0.05, 0) is 94.1 Å². The summed E-state index contributed by atoms with van der Waals surface area (Å²) < 4.78 is 2.64. The minimum atomic E-state index is 1.32. The van der Waals surface area contributed by atoms with E-state index in [0.29, 0.717) is 0 Å². The molecule has 2 rings (SSSR count). The van der Waals surface area contributed by atoms with Crippen LogP contribution in [0.5, 0.6) is 0 Å². The standard InChI is InChI=1S/C14H12I2S3/c1-17-9-3-5-13(11(15)7-9)19-14-6-4-10(18-2)8-12(14)16/h3-8H,1-2H3. The summed E-state index contributed by atoms with van der Waals surface area (Å²) in [5.74, 6) is 0. The second-order valence-corrected chi connectivity index (χ2v) is 8.86. The van der Waals surface area contributed by atoms with E-state index in [-0.39, 0.29) is 0 Å². The molecule has 2 aromatic carbocycles. The molecule has 2 aromatic rings. The molecule has 0 aliphatic rings. The first-order valence-electron chi connectivity index (χ1n) is 5.49. The number of thioether (sulfide) groups is 2. The Morgan fingerprint density at radius 1 is 0.737 bits per heavy atom. The van der Waals surface area contributed by atoms with Crippen LogP contribution in [0.3, 0.4) is 0 Å². The van der Waals surface area contributed by atoms with Crippen molar-refractivity contribution in [3.05, 3.63) is 43.5 Å². The van der Waals surface area contributed by atoms with Crippen LogP contribution in [-0.4, -0.2) is 12.5 Å². The monoisotopic (exact) mass is 530 g/mol. The van der Waals surface area contributed by atoms with Gasteiger partial charge in [0.1, 0.15) is 0 Å². The van der Waals surface area contributed by atoms with Crippen LogP contribution in [-0.2, 0) is 0 Å². The first kappa shape index (κ1) is 16.3. The van der Waals surface area contributed by atoms with Crippen molar-refractivity contribution in [2.45, 2.75) is 19.6 Å². The van der Waals surface area contributed by atoms with E-state index in [9.17, 15) is 0 Å². The maximum Gasteiger partial charge on any atom is 0.0281 e. The largest absolute Gasteiger partial charge is 0.130 e. The Kier molecular flexibility index (Phi) is 6.71. The van der Waals surface area contributed by atoms with Crippen molar-refractivity contribution < 1.29 is 0 Å². The summed E-state index contributed by atoms with van der Waals surface area (Å²) in [6, 6.07) is 13.3. The van der Waals surface area contributed by atoms with Crippen LogP contribution in [0.2, 0.25) is 0 Å². The molecule has 0 atom stereocenters. The number of hydrogen-bond acceptors (Lipinski definition) is 3. The first-order valence-corrected chi connectivity index (χ1v) is 10.9. The predicted molar refractivity (Wildman–Crippen MR) is 106 cm³/mol. The van der Waals surface area contributed by atoms with E-state index in [0.717, 1.165) is 0 Å². The Morgan fingerprint density at radius 2 is 1.16 bits per heavy atom. The molecule has 0 aliphatic carbocycles. The number of rotatable bonds is 4. The van der Waals surface area contributed by atoms with Crippen LogP contribution >= 0.6 is 80.5 Å². The molecule has 0 saturated carbocycles. The molecule has 0 spiro atoms. The van der Waals surface area contributed by atoms with Gasteiger partial charge >= 0.3 is 0 Å². The first-order chi connectivity index (χ1) is 9.13. The normalized spacial score (nSPS) is 10.7. The fourth-order valence-corrected chi connectivity index (χ4v) is 5.32. The molecule has 0 unspecified atom stereocenters. The Bertz CT molecular complexity index is 533. The zero-order valence-electron chi connectivity index (χ0n) is 10.4. The summed E-state index contributed by atoms with van der Waals surface area (Å²) in [5.41, 5.74) is 0. The van der Waals surface area contributed by atoms with Crippen molar-refractivity contribution in [3.8, 4) is 0 Å². The van der Waals surface area contributed by atoms with E-state index >= 15 is 0 Å². The number of benzene rings is 2. The lowest BCUT2D eigenvalue weighted by Crippen LogP contribution is -1.84. The zero-order chi connectivity index (χ0) is 13.8. The summed E-state index contributed by atoms with van der Waals surface area (Å²) >= 11 is 10.3. The third-order valence-electron chi connectivity index (χ3n) is 2.50. The smallest absolute Gasteiger partial charge is 0.0281 e. The topological polar surface area (TPSA) is 0 Å². The summed E-state index contributed by atoms with van der Waals surface area (Å²) in [5, 5.41) is 0. The molecule has 0 heterocycles. The van der Waals surface area contributed by atoms with Crippen molar-refractivity contribution in [2.24, 2.45) is 0 Å². The fraction of sp³-hybridized carbons (Fsp3) is 0.143. The summed E-state index contributed by atoms with van der Waals surface area (Å²) in [6.07, 6.45) is 4.23. The van der Waals surface area contributed by atoms with Gasteiger partial charge in [0.2, 0.25) is 0 Å². The van der Waals surface area contributed by atoms with Crippen molar-refractivity contribution in [1.82, 2.24) is 0 Å². The van der Waals surface area contributed by atoms with Crippen LogP contribution in [0.1, 0.15) is 0 Å². The fourth-order valence-electron chi connectivity index (χ4n) is 1.50. The Labute approximate surface area is 154 Å². The third kappa shape index (κ3) is 4.46. The SMILES string of the molecule is CSc1ccc(Sc2ccc(SC)cc2I)c(I)c1. The molecule has 0 saturated heterocycles. The van der Waals surface area contributed by atoms with E-state index in [4.69, 9.17) is 0 Å². The summed E-state index contributed by atoms with van der Waals surface area (Å²) in [7, 11) is 0. The quantitative estimate of drug-likeness (QED) is 0.328. The minimum absolute atomic E-state index is 1.32. The van der Waals surface area contributed by atoms with Crippen LogP contribution in [0.25, 0.3) is 0 Å². The van der Waals surface area contributed by atoms with Gasteiger partial charge < -0.3 is 0 Å². The molecule has 0 aliphatic heterocycles. The highest BCUT2D eigenvalue weighted by molar-refractivity contribution is 14.1. The highest BCUT2D eigenvalue weighted by Crippen LogP contribution is 2.36. The number of halogens is 2. The lowest BCUT2D eigenvalue weighted by atomic mass is 10.4. The van der Waals surface area contributed by atoms with Crippen LogP contribution < -0.4 is 0 Å². The molecule has 0 amide bonds. The van der Waals surface area contributed by atoms with Crippen LogP contribution in [0.4, 0.5) is 0 Å². The molecule has 5 heteroatoms. The molecular weight excluding hydrogens is 518 g/mol. The van der Waals surface area contributed by atoms with Gasteiger partial charge in [0.25, 0.3) is 0 Å². The van der Waals surface area contributed by atoms with Crippen molar-refractivity contribution in [3.63, 3.8) is 0 Å². The maximum atomic E-state index is 2.42. The van der Waals surface area contributed by atoms with Gasteiger partial charge in [-0.2, -0.15) is 0 Å². The van der Waals surface area contributed by atoms with Gasteiger partial charge in [0, 0.05) is 26.7 Å². The Balaban J connectivity index is 2.26. The summed E-state index contributed by atoms with van der Waals surface area (Å²) in [4.78, 5) is 5.30. The predicted octanol–water partition coefficient (Wildman–Crippen LogP) is 6.49. The minimum Gasteiger partial charge on any atom is -0.130 e. The molecule has 19 heavy (non-hydrogen) atoms. The second-order valence-electron chi connectivity index (χ2n) is 3.69. The molecule has 0 nitrogen and oxygen atoms in total. The van der Waals surface area contributed by atoms with E-state index in [1.807, 2.05) is 11.8 Å². The van der Waals surface area contributed by atoms with Gasteiger partial charge in [-0.3, -0.25) is 0 Å². The van der Waals surface area contributed by atoms with Gasteiger partial charge in [-0.15, -0.1) is 23.5 Å². The van der Waals surface area contributed by atoms with Gasteiger partial charge in [0.15, 0.2) is 0 Å². The second kappa shape index (κ2) is 7.82. The molecule has 0 bridgehead atoms. The van der Waals surface area contributed by atoms with Crippen LogP contribution in [0, 0.1) is 7.14 Å². The van der Waals surface area contributed by atoms with Crippen LogP contribution in [0.15, 0.2) is 56.0 Å². The Hall–Kier alpha value is 0.950. The van der Waals surface area contributed by atoms with E-state index in [1.54, 1.807) is 23.5 Å². The molecule has 0 aromatic heterocycles. The summed E-state index contributed by atoms with van der Waals surface area (Å²) in [6.45, 7) is 0. The lowest BCUT2D eigenvalue weighted by Gasteiger charge is -2.08. The van der Waals surface area contributed by atoms with E-state index in [2.05, 4.69) is 94.1 Å². The maximum absolute atomic E-state index is 2.42. The molecule has 100 valence electrons. The zero-order valence-corrected chi connectivity index (χ0v) is 17.2. The highest BCUT2D eigenvalue weighted by Gasteiger charge is 2.07. The molecule has 0 radical (unpaired) electrons. The Morgan fingerprint density at radius 3 is 1.47 bits per heavy atom.